The number of aliphatic imine (C=N–C) groups is 1. The van der Waals surface area contributed by atoms with Gasteiger partial charge in [-0.25, -0.2) is 9.59 Å². The lowest BCUT2D eigenvalue weighted by molar-refractivity contribution is 0.00334. The maximum absolute atomic E-state index is 12.7. The van der Waals surface area contributed by atoms with Crippen LogP contribution in [0.15, 0.2) is 59.1 Å². The maximum atomic E-state index is 12.7. The number of piperidine rings is 1. The second kappa shape index (κ2) is 10.9. The van der Waals surface area contributed by atoms with Crippen molar-refractivity contribution >= 4 is 29.7 Å². The van der Waals surface area contributed by atoms with Crippen molar-refractivity contribution in [3.8, 4) is 5.75 Å². The van der Waals surface area contributed by atoms with Crippen molar-refractivity contribution in [3.63, 3.8) is 0 Å². The van der Waals surface area contributed by atoms with E-state index in [0.717, 1.165) is 30.0 Å². The van der Waals surface area contributed by atoms with Crippen molar-refractivity contribution in [2.75, 3.05) is 38.2 Å². The molecule has 0 unspecified atom stereocenters. The summed E-state index contributed by atoms with van der Waals surface area (Å²) in [6.45, 7) is 8.68. The smallest absolute Gasteiger partial charge is 0.415 e. The quantitative estimate of drug-likeness (QED) is 0.519. The van der Waals surface area contributed by atoms with E-state index in [2.05, 4.69) is 4.90 Å². The number of ether oxygens (including phenoxy) is 2. The van der Waals surface area contributed by atoms with Gasteiger partial charge in [0.15, 0.2) is 0 Å². The highest BCUT2D eigenvalue weighted by Gasteiger charge is 2.47. The van der Waals surface area contributed by atoms with Gasteiger partial charge >= 0.3 is 12.1 Å². The Hall–Kier alpha value is -3.85. The van der Waals surface area contributed by atoms with Gasteiger partial charge in [0, 0.05) is 55.6 Å². The average Bonchev–Trinajstić information content (AvgIpc) is 3.22. The number of nitrogens with two attached hydrogens (primary N) is 1. The highest BCUT2D eigenvalue weighted by atomic mass is 16.6. The summed E-state index contributed by atoms with van der Waals surface area (Å²) in [5.41, 5.74) is 9.16. The monoisotopic (exact) mass is 520 g/mol. The topological polar surface area (TPSA) is 118 Å². The minimum atomic E-state index is -1.00. The van der Waals surface area contributed by atoms with E-state index < -0.39 is 17.7 Å². The number of rotatable bonds is 7. The van der Waals surface area contributed by atoms with Gasteiger partial charge in [-0.2, -0.15) is 0 Å². The molecule has 1 spiro atoms. The van der Waals surface area contributed by atoms with Gasteiger partial charge in [-0.3, -0.25) is 14.8 Å². The van der Waals surface area contributed by atoms with Gasteiger partial charge in [-0.15, -0.1) is 0 Å². The number of benzene rings is 2. The van der Waals surface area contributed by atoms with Crippen LogP contribution in [0.4, 0.5) is 10.5 Å². The third kappa shape index (κ3) is 6.34. The van der Waals surface area contributed by atoms with Crippen LogP contribution in [0.25, 0.3) is 5.70 Å². The molecule has 0 aromatic heterocycles. The highest BCUT2D eigenvalue weighted by molar-refractivity contribution is 5.93. The lowest BCUT2D eigenvalue weighted by atomic mass is 9.91. The van der Waals surface area contributed by atoms with E-state index in [4.69, 9.17) is 25.3 Å². The largest absolute Gasteiger partial charge is 0.497 e. The Morgan fingerprint density at radius 1 is 1.11 bits per heavy atom. The number of hydrogen-bond acceptors (Lipinski definition) is 7. The van der Waals surface area contributed by atoms with Crippen molar-refractivity contribution in [2.24, 2.45) is 10.7 Å². The Kier molecular flexibility index (Phi) is 7.78. The molecule has 0 saturated carbocycles. The number of carboxylic acids is 1. The van der Waals surface area contributed by atoms with Gasteiger partial charge in [0.05, 0.1) is 24.8 Å². The molecule has 2 aliphatic rings. The zero-order valence-corrected chi connectivity index (χ0v) is 22.4. The first-order chi connectivity index (χ1) is 18.0. The average molecular weight is 521 g/mol. The number of anilines is 1. The fraction of sp³-hybridized carbons (Fsp3) is 0.414. The first-order valence-corrected chi connectivity index (χ1v) is 12.7. The van der Waals surface area contributed by atoms with E-state index in [-0.39, 0.29) is 11.1 Å². The van der Waals surface area contributed by atoms with E-state index in [9.17, 15) is 9.59 Å². The van der Waals surface area contributed by atoms with Crippen LogP contribution in [-0.4, -0.2) is 72.7 Å². The molecule has 38 heavy (non-hydrogen) atoms. The Labute approximate surface area is 223 Å². The molecule has 9 heteroatoms. The first-order valence-electron chi connectivity index (χ1n) is 12.7. The SMILES string of the molecule is COc1ccc(C(N)=C(C=NC(C)(C)C)CN2CCC3(CC2)CN(c2ccc(C(=O)O)cc2)C(=O)O3)cc1. The maximum Gasteiger partial charge on any atom is 0.415 e. The highest BCUT2D eigenvalue weighted by Crippen LogP contribution is 2.36. The first kappa shape index (κ1) is 27.2. The number of methoxy groups -OCH3 is 1. The van der Waals surface area contributed by atoms with Crippen LogP contribution >= 0.6 is 0 Å². The predicted molar refractivity (Wildman–Crippen MR) is 148 cm³/mol. The molecule has 202 valence electrons. The molecule has 2 heterocycles. The number of carbonyl (C=O) groups is 2. The minimum absolute atomic E-state index is 0.178. The number of aromatic carboxylic acids is 1. The zero-order valence-electron chi connectivity index (χ0n) is 22.4. The standard InChI is InChI=1S/C29H36N4O5/c1-28(2,3)31-17-22(25(30)20-7-11-24(37-4)12-8-20)18-32-15-13-29(14-16-32)19-33(27(36)38-29)23-9-5-21(6-10-23)26(34)35/h5-12,17H,13-16,18-19,30H2,1-4H3,(H,34,35). The summed E-state index contributed by atoms with van der Waals surface area (Å²) in [6, 6.07) is 14.0. The molecule has 9 nitrogen and oxygen atoms in total. The third-order valence-electron chi connectivity index (χ3n) is 6.91. The van der Waals surface area contributed by atoms with Crippen molar-refractivity contribution < 1.29 is 24.2 Å². The summed E-state index contributed by atoms with van der Waals surface area (Å²) >= 11 is 0. The molecule has 0 radical (unpaired) electrons. The van der Waals surface area contributed by atoms with Crippen LogP contribution in [-0.2, 0) is 4.74 Å². The molecule has 0 aliphatic carbocycles. The molecule has 2 fully saturated rings. The van der Waals surface area contributed by atoms with Crippen LogP contribution in [0.3, 0.4) is 0 Å². The fourth-order valence-corrected chi connectivity index (χ4v) is 4.65. The normalized spacial score (nSPS) is 18.5. The van der Waals surface area contributed by atoms with Gasteiger partial charge in [0.25, 0.3) is 0 Å². The second-order valence-electron chi connectivity index (χ2n) is 10.9. The van der Waals surface area contributed by atoms with E-state index in [0.29, 0.717) is 37.3 Å². The number of carbonyl (C=O) groups excluding carboxylic acids is 1. The van der Waals surface area contributed by atoms with Crippen LogP contribution < -0.4 is 15.4 Å². The lowest BCUT2D eigenvalue weighted by Gasteiger charge is -2.37. The van der Waals surface area contributed by atoms with Crippen LogP contribution in [0.1, 0.15) is 49.5 Å². The van der Waals surface area contributed by atoms with Crippen molar-refractivity contribution in [3.05, 3.63) is 65.2 Å². The van der Waals surface area contributed by atoms with Crippen molar-refractivity contribution in [1.29, 1.82) is 0 Å². The lowest BCUT2D eigenvalue weighted by Crippen LogP contribution is -2.47. The molecular formula is C29H36N4O5. The third-order valence-corrected chi connectivity index (χ3v) is 6.91. The summed E-state index contributed by atoms with van der Waals surface area (Å²) in [5.74, 6) is -0.233. The van der Waals surface area contributed by atoms with Crippen molar-refractivity contribution in [2.45, 2.75) is 44.8 Å². The number of hydrogen-bond donors (Lipinski definition) is 2. The van der Waals surface area contributed by atoms with Gasteiger partial charge in [-0.05, 0) is 74.9 Å². The predicted octanol–water partition coefficient (Wildman–Crippen LogP) is 4.42. The molecule has 1 amide bonds. The summed E-state index contributed by atoms with van der Waals surface area (Å²) in [6.07, 6.45) is 2.86. The van der Waals surface area contributed by atoms with Crippen LogP contribution in [0, 0.1) is 0 Å². The van der Waals surface area contributed by atoms with E-state index in [1.807, 2.05) is 51.3 Å². The number of nitrogens with zero attached hydrogens (tertiary/aromatic N) is 3. The molecular weight excluding hydrogens is 484 g/mol. The summed E-state index contributed by atoms with van der Waals surface area (Å²) in [4.78, 5) is 32.5. The Bertz CT molecular complexity index is 1220. The van der Waals surface area contributed by atoms with Gasteiger partial charge < -0.3 is 20.3 Å². The van der Waals surface area contributed by atoms with Gasteiger partial charge in [0.1, 0.15) is 11.4 Å². The number of carboxylic acid groups (broad SMARTS) is 1. The molecule has 2 aromatic carbocycles. The van der Waals surface area contributed by atoms with Crippen LogP contribution in [0.2, 0.25) is 0 Å². The minimum Gasteiger partial charge on any atom is -0.497 e. The second-order valence-corrected chi connectivity index (χ2v) is 10.9. The zero-order chi connectivity index (χ0) is 27.5. The van der Waals surface area contributed by atoms with E-state index in [1.54, 1.807) is 24.1 Å². The van der Waals surface area contributed by atoms with Gasteiger partial charge in [0.2, 0.25) is 0 Å². The summed E-state index contributed by atoms with van der Waals surface area (Å²) < 4.78 is 11.2. The molecule has 4 rings (SSSR count). The number of likely N-dealkylation sites (tertiary alicyclic amines) is 1. The molecule has 2 aliphatic heterocycles. The Morgan fingerprint density at radius 3 is 2.26 bits per heavy atom. The Balaban J connectivity index is 1.46. The van der Waals surface area contributed by atoms with E-state index in [1.165, 1.54) is 12.1 Å². The van der Waals surface area contributed by atoms with E-state index >= 15 is 0 Å². The summed E-state index contributed by atoms with van der Waals surface area (Å²) in [5, 5.41) is 9.14. The van der Waals surface area contributed by atoms with Crippen molar-refractivity contribution in [1.82, 2.24) is 4.90 Å². The molecule has 2 aromatic rings. The van der Waals surface area contributed by atoms with Gasteiger partial charge in [-0.1, -0.05) is 0 Å². The molecule has 2 saturated heterocycles. The number of amides is 1. The van der Waals surface area contributed by atoms with Crippen LogP contribution in [0.5, 0.6) is 5.75 Å². The summed E-state index contributed by atoms with van der Waals surface area (Å²) in [7, 11) is 1.63. The fourth-order valence-electron chi connectivity index (χ4n) is 4.65. The molecule has 0 bridgehead atoms. The Morgan fingerprint density at radius 2 is 1.71 bits per heavy atom. The molecule has 0 atom stereocenters. The molecule has 3 N–H and O–H groups in total.